The van der Waals surface area contributed by atoms with E-state index < -0.39 is 23.1 Å². The summed E-state index contributed by atoms with van der Waals surface area (Å²) < 4.78 is 0. The summed E-state index contributed by atoms with van der Waals surface area (Å²) in [5, 5.41) is 42.1. The quantitative estimate of drug-likeness (QED) is 0.489. The predicted octanol–water partition coefficient (Wildman–Crippen LogP) is -1.67. The van der Waals surface area contributed by atoms with Crippen LogP contribution in [0, 0.1) is 0 Å². The molecule has 0 aromatic rings. The van der Waals surface area contributed by atoms with E-state index in [0.717, 1.165) is 0 Å². The fourth-order valence-electron chi connectivity index (χ4n) is 1.82. The van der Waals surface area contributed by atoms with E-state index in [4.69, 9.17) is 0 Å². The average Bonchev–Trinajstić information content (AvgIpc) is 2.32. The topological polar surface area (TPSA) is 121 Å². The van der Waals surface area contributed by atoms with Crippen LogP contribution in [-0.4, -0.2) is 33.4 Å². The minimum absolute atomic E-state index is 0. The molecular weight excluding hydrogens is 306 g/mol. The Labute approximate surface area is 125 Å². The van der Waals surface area contributed by atoms with Crippen molar-refractivity contribution in [2.75, 3.05) is 0 Å². The standard InChI is InChI=1S/C12H22O6.Zn/c1-3-5-7-11(17,9(13)14)12(18,10(15)16)8-6-4-2;/h17-18H,3-8H2,1-2H3,(H,13,14)(H,15,16);/q;+2/p-2. The molecule has 0 saturated carbocycles. The molecule has 0 saturated heterocycles. The third kappa shape index (κ3) is 4.51. The Morgan fingerprint density at radius 2 is 1.16 bits per heavy atom. The molecule has 0 rings (SSSR count). The molecule has 6 nitrogen and oxygen atoms in total. The van der Waals surface area contributed by atoms with Crippen molar-refractivity contribution in [3.8, 4) is 0 Å². The van der Waals surface area contributed by atoms with Gasteiger partial charge in [-0.3, -0.25) is 0 Å². The summed E-state index contributed by atoms with van der Waals surface area (Å²) in [7, 11) is 0. The van der Waals surface area contributed by atoms with Crippen molar-refractivity contribution in [2.45, 2.75) is 63.6 Å². The van der Waals surface area contributed by atoms with E-state index >= 15 is 0 Å². The SMILES string of the molecule is CCCCC(O)(C(=O)[O-])C(O)(CCCC)C(=O)[O-].[Zn+2]. The Balaban J connectivity index is 0. The normalized spacial score (nSPS) is 16.8. The van der Waals surface area contributed by atoms with E-state index in [1.165, 1.54) is 0 Å². The molecule has 7 heteroatoms. The molecule has 0 aliphatic rings. The van der Waals surface area contributed by atoms with Crippen molar-refractivity contribution in [2.24, 2.45) is 0 Å². The fourth-order valence-corrected chi connectivity index (χ4v) is 1.82. The molecule has 0 bridgehead atoms. The summed E-state index contributed by atoms with van der Waals surface area (Å²) in [5.41, 5.74) is -5.64. The first-order valence-corrected chi connectivity index (χ1v) is 6.14. The van der Waals surface area contributed by atoms with Crippen molar-refractivity contribution in [3.05, 3.63) is 0 Å². The van der Waals surface area contributed by atoms with Gasteiger partial charge in [0.1, 0.15) is 11.2 Å². The molecule has 19 heavy (non-hydrogen) atoms. The molecule has 2 N–H and O–H groups in total. The minimum atomic E-state index is -2.82. The molecule has 0 radical (unpaired) electrons. The molecule has 106 valence electrons. The summed E-state index contributed by atoms with van der Waals surface area (Å²) in [6.45, 7) is 3.50. The number of hydrogen-bond donors (Lipinski definition) is 2. The van der Waals surface area contributed by atoms with Gasteiger partial charge in [-0.2, -0.15) is 0 Å². The van der Waals surface area contributed by atoms with Gasteiger partial charge in [0.25, 0.3) is 0 Å². The van der Waals surface area contributed by atoms with Crippen LogP contribution in [0.15, 0.2) is 0 Å². The summed E-state index contributed by atoms with van der Waals surface area (Å²) in [6, 6.07) is 0. The molecular formula is C12H20O6Zn. The molecule has 0 aliphatic heterocycles. The van der Waals surface area contributed by atoms with Crippen LogP contribution >= 0.6 is 0 Å². The van der Waals surface area contributed by atoms with Gasteiger partial charge in [0, 0.05) is 0 Å². The summed E-state index contributed by atoms with van der Waals surface area (Å²) in [5.74, 6) is -3.97. The van der Waals surface area contributed by atoms with Crippen molar-refractivity contribution in [1.82, 2.24) is 0 Å². The first kappa shape index (κ1) is 20.8. The second-order valence-electron chi connectivity index (χ2n) is 4.50. The van der Waals surface area contributed by atoms with Crippen LogP contribution in [0.25, 0.3) is 0 Å². The molecule has 0 aromatic carbocycles. The zero-order chi connectivity index (χ0) is 14.4. The molecule has 0 aromatic heterocycles. The number of aliphatic hydroxyl groups is 2. The number of carboxylic acid groups (broad SMARTS) is 2. The summed E-state index contributed by atoms with van der Waals surface area (Å²) in [4.78, 5) is 22.1. The summed E-state index contributed by atoms with van der Waals surface area (Å²) >= 11 is 0. The molecule has 0 fully saturated rings. The maximum absolute atomic E-state index is 11.0. The van der Waals surface area contributed by atoms with Crippen LogP contribution in [0.3, 0.4) is 0 Å². The van der Waals surface area contributed by atoms with Crippen molar-refractivity contribution in [1.29, 1.82) is 0 Å². The van der Waals surface area contributed by atoms with E-state index in [9.17, 15) is 30.0 Å². The van der Waals surface area contributed by atoms with Crippen LogP contribution in [0.1, 0.15) is 52.4 Å². The van der Waals surface area contributed by atoms with E-state index in [2.05, 4.69) is 0 Å². The van der Waals surface area contributed by atoms with E-state index in [1.54, 1.807) is 13.8 Å². The number of hydrogen-bond acceptors (Lipinski definition) is 6. The minimum Gasteiger partial charge on any atom is -0.547 e. The maximum atomic E-state index is 11.0. The van der Waals surface area contributed by atoms with Gasteiger partial charge in [0.2, 0.25) is 0 Å². The van der Waals surface area contributed by atoms with Crippen molar-refractivity contribution >= 4 is 11.9 Å². The Morgan fingerprint density at radius 3 is 1.32 bits per heavy atom. The van der Waals surface area contributed by atoms with Gasteiger partial charge in [-0.05, 0) is 12.8 Å². The Hall–Kier alpha value is -0.517. The average molecular weight is 326 g/mol. The van der Waals surface area contributed by atoms with Crippen molar-refractivity contribution < 1.29 is 49.5 Å². The maximum Gasteiger partial charge on any atom is 2.00 e. The van der Waals surface area contributed by atoms with Gasteiger partial charge >= 0.3 is 19.5 Å². The van der Waals surface area contributed by atoms with Crippen molar-refractivity contribution in [3.63, 3.8) is 0 Å². The number of aliphatic carboxylic acids is 2. The van der Waals surface area contributed by atoms with E-state index in [1.807, 2.05) is 0 Å². The molecule has 2 atom stereocenters. The molecule has 0 heterocycles. The van der Waals surface area contributed by atoms with Crippen LogP contribution in [-0.2, 0) is 29.1 Å². The van der Waals surface area contributed by atoms with Crippen LogP contribution in [0.2, 0.25) is 0 Å². The molecule has 2 unspecified atom stereocenters. The van der Waals surface area contributed by atoms with Gasteiger partial charge in [-0.25, -0.2) is 0 Å². The number of carboxylic acids is 2. The number of unbranched alkanes of at least 4 members (excludes halogenated alkanes) is 2. The van der Waals surface area contributed by atoms with Crippen LogP contribution < -0.4 is 10.2 Å². The molecule has 0 spiro atoms. The zero-order valence-corrected chi connectivity index (χ0v) is 14.4. The third-order valence-corrected chi connectivity index (χ3v) is 3.14. The van der Waals surface area contributed by atoms with Gasteiger partial charge in [0.15, 0.2) is 0 Å². The monoisotopic (exact) mass is 324 g/mol. The van der Waals surface area contributed by atoms with Crippen LogP contribution in [0.4, 0.5) is 0 Å². The second kappa shape index (κ2) is 8.61. The Kier molecular flexibility index (Phi) is 9.43. The third-order valence-electron chi connectivity index (χ3n) is 3.14. The largest absolute Gasteiger partial charge is 2.00 e. The molecule has 0 aliphatic carbocycles. The van der Waals surface area contributed by atoms with Crippen LogP contribution in [0.5, 0.6) is 0 Å². The van der Waals surface area contributed by atoms with Gasteiger partial charge in [-0.15, -0.1) is 0 Å². The number of carbonyl (C=O) groups is 2. The van der Waals surface area contributed by atoms with E-state index in [-0.39, 0.29) is 45.2 Å². The zero-order valence-electron chi connectivity index (χ0n) is 11.5. The number of rotatable bonds is 9. The number of carbonyl (C=O) groups excluding carboxylic acids is 2. The Morgan fingerprint density at radius 1 is 0.895 bits per heavy atom. The fraction of sp³-hybridized carbons (Fsp3) is 0.833. The van der Waals surface area contributed by atoms with E-state index in [0.29, 0.717) is 12.8 Å². The summed E-state index contributed by atoms with van der Waals surface area (Å²) in [6.07, 6.45) is 0.831. The smallest absolute Gasteiger partial charge is 0.547 e. The van der Waals surface area contributed by atoms with Gasteiger partial charge in [-0.1, -0.05) is 39.5 Å². The second-order valence-corrected chi connectivity index (χ2v) is 4.50. The van der Waals surface area contributed by atoms with Gasteiger partial charge in [0.05, 0.1) is 11.9 Å². The predicted molar refractivity (Wildman–Crippen MR) is 59.0 cm³/mol. The first-order valence-electron chi connectivity index (χ1n) is 6.14. The van der Waals surface area contributed by atoms with Gasteiger partial charge < -0.3 is 30.0 Å². The Bertz CT molecular complexity index is 279. The first-order chi connectivity index (χ1) is 8.26. The molecule has 0 amide bonds.